The number of rotatable bonds is 6. The van der Waals surface area contributed by atoms with Gasteiger partial charge in [0.1, 0.15) is 6.29 Å². The van der Waals surface area contributed by atoms with Crippen LogP contribution in [0, 0.1) is 11.2 Å². The number of ether oxygens (including phenoxy) is 1. The highest BCUT2D eigenvalue weighted by Gasteiger charge is 2.34. The first kappa shape index (κ1) is 15.0. The van der Waals surface area contributed by atoms with Crippen LogP contribution in [0.3, 0.4) is 0 Å². The Morgan fingerprint density at radius 3 is 2.65 bits per heavy atom. The van der Waals surface area contributed by atoms with Crippen molar-refractivity contribution in [2.45, 2.75) is 32.2 Å². The molecule has 0 heterocycles. The molecule has 1 aliphatic rings. The molecule has 1 aliphatic carbocycles. The molecule has 4 heteroatoms. The van der Waals surface area contributed by atoms with Crippen molar-refractivity contribution in [3.8, 4) is 5.75 Å². The van der Waals surface area contributed by atoms with Gasteiger partial charge in [0, 0.05) is 18.5 Å². The summed E-state index contributed by atoms with van der Waals surface area (Å²) in [6.45, 7) is 1.38. The van der Waals surface area contributed by atoms with E-state index in [2.05, 4.69) is 4.90 Å². The molecule has 0 saturated heterocycles. The average molecular weight is 279 g/mol. The maximum Gasteiger partial charge on any atom is 0.165 e. The molecule has 0 radical (unpaired) electrons. The third-order valence-electron chi connectivity index (χ3n) is 4.10. The Morgan fingerprint density at radius 2 is 2.10 bits per heavy atom. The van der Waals surface area contributed by atoms with Gasteiger partial charge in [-0.1, -0.05) is 18.9 Å². The highest BCUT2D eigenvalue weighted by molar-refractivity contribution is 5.60. The Balaban J connectivity index is 1.99. The quantitative estimate of drug-likeness (QED) is 0.750. The van der Waals surface area contributed by atoms with Gasteiger partial charge in [-0.05, 0) is 37.6 Å². The first-order valence-electron chi connectivity index (χ1n) is 7.06. The predicted molar refractivity (Wildman–Crippen MR) is 76.3 cm³/mol. The summed E-state index contributed by atoms with van der Waals surface area (Å²) < 4.78 is 18.6. The minimum absolute atomic E-state index is 0.195. The first-order valence-corrected chi connectivity index (χ1v) is 7.06. The van der Waals surface area contributed by atoms with Gasteiger partial charge in [0.15, 0.2) is 11.6 Å². The molecule has 0 bridgehead atoms. The van der Waals surface area contributed by atoms with E-state index in [1.165, 1.54) is 13.2 Å². The molecule has 0 aliphatic heterocycles. The molecule has 110 valence electrons. The zero-order valence-corrected chi connectivity index (χ0v) is 12.2. The van der Waals surface area contributed by atoms with Crippen molar-refractivity contribution in [3.05, 3.63) is 29.6 Å². The van der Waals surface area contributed by atoms with E-state index in [9.17, 15) is 9.18 Å². The van der Waals surface area contributed by atoms with Gasteiger partial charge in [-0.2, -0.15) is 0 Å². The van der Waals surface area contributed by atoms with Crippen molar-refractivity contribution >= 4 is 6.29 Å². The molecule has 1 aromatic carbocycles. The summed E-state index contributed by atoms with van der Waals surface area (Å²) in [5.74, 6) is -0.0825. The van der Waals surface area contributed by atoms with Crippen LogP contribution in [0.15, 0.2) is 18.2 Å². The minimum atomic E-state index is -0.343. The normalized spacial score (nSPS) is 17.4. The molecule has 1 fully saturated rings. The topological polar surface area (TPSA) is 29.5 Å². The second kappa shape index (κ2) is 6.35. The third kappa shape index (κ3) is 3.37. The van der Waals surface area contributed by atoms with Crippen LogP contribution in [0.1, 0.15) is 31.2 Å². The van der Waals surface area contributed by atoms with Gasteiger partial charge < -0.3 is 14.4 Å². The van der Waals surface area contributed by atoms with Crippen LogP contribution in [0.4, 0.5) is 4.39 Å². The maximum atomic E-state index is 13.6. The Morgan fingerprint density at radius 1 is 1.40 bits per heavy atom. The Bertz CT molecular complexity index is 470. The van der Waals surface area contributed by atoms with E-state index in [-0.39, 0.29) is 17.0 Å². The Hall–Kier alpha value is -1.42. The number of carbonyl (C=O) groups is 1. The van der Waals surface area contributed by atoms with Crippen LogP contribution in [0.2, 0.25) is 0 Å². The van der Waals surface area contributed by atoms with Crippen molar-refractivity contribution in [1.82, 2.24) is 4.90 Å². The summed E-state index contributed by atoms with van der Waals surface area (Å²) in [5, 5.41) is 0. The van der Waals surface area contributed by atoms with Crippen molar-refractivity contribution in [1.29, 1.82) is 0 Å². The van der Waals surface area contributed by atoms with E-state index in [1.807, 2.05) is 13.1 Å². The number of methoxy groups -OCH3 is 1. The summed E-state index contributed by atoms with van der Waals surface area (Å²) >= 11 is 0. The van der Waals surface area contributed by atoms with Crippen molar-refractivity contribution in [2.24, 2.45) is 5.41 Å². The number of hydrogen-bond donors (Lipinski definition) is 0. The Kier molecular flexibility index (Phi) is 4.76. The zero-order chi connectivity index (χ0) is 14.6. The van der Waals surface area contributed by atoms with Gasteiger partial charge in [0.25, 0.3) is 0 Å². The standard InChI is InChI=1S/C16H22FNO2/c1-18(11-16(12-19)7-3-4-8-16)10-13-5-6-15(20-2)14(17)9-13/h5-6,9,12H,3-4,7-8,10-11H2,1-2H3. The summed E-state index contributed by atoms with van der Waals surface area (Å²) in [7, 11) is 3.43. The summed E-state index contributed by atoms with van der Waals surface area (Å²) in [6, 6.07) is 5.00. The Labute approximate surface area is 119 Å². The van der Waals surface area contributed by atoms with E-state index in [4.69, 9.17) is 4.74 Å². The number of benzene rings is 1. The second-order valence-electron chi connectivity index (χ2n) is 5.83. The van der Waals surface area contributed by atoms with Crippen molar-refractivity contribution < 1.29 is 13.9 Å². The molecule has 0 N–H and O–H groups in total. The molecule has 20 heavy (non-hydrogen) atoms. The van der Waals surface area contributed by atoms with Gasteiger partial charge in [0.05, 0.1) is 7.11 Å². The van der Waals surface area contributed by atoms with Gasteiger partial charge in [-0.25, -0.2) is 4.39 Å². The zero-order valence-electron chi connectivity index (χ0n) is 12.2. The van der Waals surface area contributed by atoms with Gasteiger partial charge >= 0.3 is 0 Å². The lowest BCUT2D eigenvalue weighted by molar-refractivity contribution is -0.116. The van der Waals surface area contributed by atoms with Crippen molar-refractivity contribution in [3.63, 3.8) is 0 Å². The molecule has 1 aromatic rings. The maximum absolute atomic E-state index is 13.6. The second-order valence-corrected chi connectivity index (χ2v) is 5.83. The first-order chi connectivity index (χ1) is 9.58. The monoisotopic (exact) mass is 279 g/mol. The van der Waals surface area contributed by atoms with Crippen LogP contribution < -0.4 is 4.74 Å². The highest BCUT2D eigenvalue weighted by Crippen LogP contribution is 2.36. The van der Waals surface area contributed by atoms with E-state index < -0.39 is 0 Å². The van der Waals surface area contributed by atoms with Crippen LogP contribution in [0.25, 0.3) is 0 Å². The SMILES string of the molecule is COc1ccc(CN(C)CC2(C=O)CCCC2)cc1F. The van der Waals surface area contributed by atoms with E-state index in [1.54, 1.807) is 6.07 Å². The fraction of sp³-hybridized carbons (Fsp3) is 0.562. The molecular weight excluding hydrogens is 257 g/mol. The molecule has 0 aromatic heterocycles. The van der Waals surface area contributed by atoms with E-state index in [0.29, 0.717) is 6.54 Å². The van der Waals surface area contributed by atoms with E-state index >= 15 is 0 Å². The summed E-state index contributed by atoms with van der Waals surface area (Å²) in [4.78, 5) is 13.4. The van der Waals surface area contributed by atoms with Crippen molar-refractivity contribution in [2.75, 3.05) is 20.7 Å². The van der Waals surface area contributed by atoms with Gasteiger partial charge in [0.2, 0.25) is 0 Å². The number of aldehydes is 1. The number of nitrogens with zero attached hydrogens (tertiary/aromatic N) is 1. The molecule has 1 saturated carbocycles. The fourth-order valence-electron chi connectivity index (χ4n) is 3.11. The average Bonchev–Trinajstić information content (AvgIpc) is 2.88. The molecule has 0 atom stereocenters. The smallest absolute Gasteiger partial charge is 0.165 e. The lowest BCUT2D eigenvalue weighted by Gasteiger charge is -2.28. The molecule has 3 nitrogen and oxygen atoms in total. The number of hydrogen-bond acceptors (Lipinski definition) is 3. The summed E-state index contributed by atoms with van der Waals surface area (Å²) in [6.07, 6.45) is 5.31. The van der Waals surface area contributed by atoms with Gasteiger partial charge in [-0.3, -0.25) is 0 Å². The highest BCUT2D eigenvalue weighted by atomic mass is 19.1. The summed E-state index contributed by atoms with van der Waals surface area (Å²) in [5.41, 5.74) is 0.699. The molecule has 2 rings (SSSR count). The fourth-order valence-corrected chi connectivity index (χ4v) is 3.11. The van der Waals surface area contributed by atoms with Gasteiger partial charge in [-0.15, -0.1) is 0 Å². The largest absolute Gasteiger partial charge is 0.494 e. The third-order valence-corrected chi connectivity index (χ3v) is 4.10. The van der Waals surface area contributed by atoms with Crippen LogP contribution in [-0.4, -0.2) is 31.9 Å². The van der Waals surface area contributed by atoms with Crippen LogP contribution in [-0.2, 0) is 11.3 Å². The molecule has 0 amide bonds. The molecule has 0 unspecified atom stereocenters. The van der Waals surface area contributed by atoms with Crippen LogP contribution in [0.5, 0.6) is 5.75 Å². The number of carbonyl (C=O) groups excluding carboxylic acids is 1. The molecule has 0 spiro atoms. The molecular formula is C16H22FNO2. The number of halogens is 1. The minimum Gasteiger partial charge on any atom is -0.494 e. The van der Waals surface area contributed by atoms with E-state index in [0.717, 1.165) is 44.1 Å². The van der Waals surface area contributed by atoms with Crippen LogP contribution >= 0.6 is 0 Å². The predicted octanol–water partition coefficient (Wildman–Crippen LogP) is 3.03. The lowest BCUT2D eigenvalue weighted by atomic mass is 9.87. The lowest BCUT2D eigenvalue weighted by Crippen LogP contribution is -2.34.